The number of nitrogens with zero attached hydrogens (tertiary/aromatic N) is 4. The van der Waals surface area contributed by atoms with Crippen LogP contribution in [0.15, 0.2) is 0 Å². The molecule has 5 heteroatoms. The highest BCUT2D eigenvalue weighted by molar-refractivity contribution is 4.72. The zero-order valence-corrected chi connectivity index (χ0v) is 6.90. The minimum atomic E-state index is -0.224. The summed E-state index contributed by atoms with van der Waals surface area (Å²) in [5.74, 6) is 0. The summed E-state index contributed by atoms with van der Waals surface area (Å²) in [7, 11) is 1.64. The van der Waals surface area contributed by atoms with Crippen molar-refractivity contribution in [1.29, 1.82) is 0 Å². The molecule has 1 heterocycles. The minimum Gasteiger partial charge on any atom is -0.382 e. The molecule has 0 unspecified atom stereocenters. The molecule has 0 N–H and O–H groups in total. The van der Waals surface area contributed by atoms with E-state index in [2.05, 4.69) is 21.9 Å². The molecule has 1 aromatic rings. The van der Waals surface area contributed by atoms with E-state index in [1.807, 2.05) is 13.8 Å². The van der Waals surface area contributed by atoms with Gasteiger partial charge in [0.15, 0.2) is 0 Å². The fraction of sp³-hybridized carbons (Fsp3) is 0.833. The standard InChI is InChI=1S/C6H11N4O/c1-6(2,4-11-3)10-5-7-8-9-10/h4H2,1-3H3. The number of hydrogen-bond acceptors (Lipinski definition) is 4. The van der Waals surface area contributed by atoms with E-state index in [1.165, 1.54) is 0 Å². The molecule has 1 aromatic heterocycles. The van der Waals surface area contributed by atoms with Crippen LogP contribution in [0, 0.1) is 6.33 Å². The Hall–Kier alpha value is -0.970. The van der Waals surface area contributed by atoms with Gasteiger partial charge < -0.3 is 4.74 Å². The Bertz CT molecular complexity index is 206. The van der Waals surface area contributed by atoms with Gasteiger partial charge in [-0.05, 0) is 24.3 Å². The fourth-order valence-electron chi connectivity index (χ4n) is 0.813. The second-order valence-corrected chi connectivity index (χ2v) is 2.94. The van der Waals surface area contributed by atoms with Gasteiger partial charge in [-0.25, -0.2) is 4.68 Å². The fourth-order valence-corrected chi connectivity index (χ4v) is 0.813. The minimum absolute atomic E-state index is 0.224. The molecule has 0 aliphatic heterocycles. The molecule has 0 amide bonds. The van der Waals surface area contributed by atoms with Gasteiger partial charge in [-0.15, -0.1) is 5.10 Å². The van der Waals surface area contributed by atoms with Gasteiger partial charge in [-0.3, -0.25) is 0 Å². The maximum atomic E-state index is 4.99. The van der Waals surface area contributed by atoms with Gasteiger partial charge in [0.25, 0.3) is 0 Å². The zero-order valence-electron chi connectivity index (χ0n) is 6.90. The largest absolute Gasteiger partial charge is 0.382 e. The van der Waals surface area contributed by atoms with Crippen LogP contribution in [0.3, 0.4) is 0 Å². The molecule has 0 atom stereocenters. The Morgan fingerprint density at radius 1 is 1.55 bits per heavy atom. The van der Waals surface area contributed by atoms with Crippen LogP contribution < -0.4 is 0 Å². The van der Waals surface area contributed by atoms with Crippen molar-refractivity contribution in [2.45, 2.75) is 19.4 Å². The normalized spacial score (nSPS) is 11.9. The van der Waals surface area contributed by atoms with Crippen LogP contribution >= 0.6 is 0 Å². The topological polar surface area (TPSA) is 52.8 Å². The molecular formula is C6H11N4O. The molecule has 0 spiro atoms. The van der Waals surface area contributed by atoms with Crippen molar-refractivity contribution in [3.05, 3.63) is 6.33 Å². The van der Waals surface area contributed by atoms with Crippen LogP contribution in [0.2, 0.25) is 0 Å². The third kappa shape index (κ3) is 1.74. The van der Waals surface area contributed by atoms with E-state index in [4.69, 9.17) is 4.74 Å². The van der Waals surface area contributed by atoms with Gasteiger partial charge in [0.05, 0.1) is 12.1 Å². The van der Waals surface area contributed by atoms with Crippen LogP contribution in [-0.2, 0) is 10.3 Å². The number of ether oxygens (including phenoxy) is 1. The second kappa shape index (κ2) is 2.96. The van der Waals surface area contributed by atoms with Gasteiger partial charge in [-0.1, -0.05) is 0 Å². The van der Waals surface area contributed by atoms with Gasteiger partial charge in [-0.2, -0.15) is 0 Å². The van der Waals surface area contributed by atoms with Crippen molar-refractivity contribution in [1.82, 2.24) is 20.2 Å². The van der Waals surface area contributed by atoms with Gasteiger partial charge in [0, 0.05) is 7.11 Å². The summed E-state index contributed by atoms with van der Waals surface area (Å²) in [6, 6.07) is 0. The highest BCUT2D eigenvalue weighted by atomic mass is 16.5. The van der Waals surface area contributed by atoms with E-state index >= 15 is 0 Å². The van der Waals surface area contributed by atoms with Gasteiger partial charge in [0.1, 0.15) is 0 Å². The van der Waals surface area contributed by atoms with Crippen molar-refractivity contribution in [2.75, 3.05) is 13.7 Å². The quantitative estimate of drug-likeness (QED) is 0.609. The van der Waals surface area contributed by atoms with Crippen LogP contribution in [0.1, 0.15) is 13.8 Å². The summed E-state index contributed by atoms with van der Waals surface area (Å²) in [4.78, 5) is 0. The van der Waals surface area contributed by atoms with Crippen molar-refractivity contribution in [3.8, 4) is 0 Å². The van der Waals surface area contributed by atoms with E-state index in [9.17, 15) is 0 Å². The number of hydrogen-bond donors (Lipinski definition) is 0. The smallest absolute Gasteiger partial charge is 0.222 e. The Balaban J connectivity index is 2.73. The van der Waals surface area contributed by atoms with E-state index < -0.39 is 0 Å². The number of tetrazole rings is 1. The van der Waals surface area contributed by atoms with Crippen LogP contribution in [0.5, 0.6) is 0 Å². The highest BCUT2D eigenvalue weighted by Gasteiger charge is 2.21. The molecule has 0 aliphatic rings. The summed E-state index contributed by atoms with van der Waals surface area (Å²) in [5.41, 5.74) is -0.224. The number of aromatic nitrogens is 4. The third-order valence-corrected chi connectivity index (χ3v) is 1.38. The first-order valence-electron chi connectivity index (χ1n) is 3.32. The first kappa shape index (κ1) is 8.13. The summed E-state index contributed by atoms with van der Waals surface area (Å²) in [6.07, 6.45) is 2.63. The number of methoxy groups -OCH3 is 1. The summed E-state index contributed by atoms with van der Waals surface area (Å²) in [6.45, 7) is 4.52. The highest BCUT2D eigenvalue weighted by Crippen LogP contribution is 2.11. The van der Waals surface area contributed by atoms with Crippen molar-refractivity contribution < 1.29 is 4.74 Å². The Morgan fingerprint density at radius 3 is 2.73 bits per heavy atom. The molecule has 0 fully saturated rings. The predicted molar refractivity (Wildman–Crippen MR) is 37.9 cm³/mol. The monoisotopic (exact) mass is 155 g/mol. The predicted octanol–water partition coefficient (Wildman–Crippen LogP) is -0.145. The molecule has 0 bridgehead atoms. The summed E-state index contributed by atoms with van der Waals surface area (Å²) < 4.78 is 6.55. The second-order valence-electron chi connectivity index (χ2n) is 2.94. The lowest BCUT2D eigenvalue weighted by Gasteiger charge is -2.21. The Morgan fingerprint density at radius 2 is 2.27 bits per heavy atom. The average Bonchev–Trinajstić information content (AvgIpc) is 2.37. The van der Waals surface area contributed by atoms with E-state index in [1.54, 1.807) is 11.8 Å². The molecule has 1 radical (unpaired) electrons. The number of rotatable bonds is 3. The zero-order chi connectivity index (χ0) is 8.32. The maximum absolute atomic E-state index is 4.99. The summed E-state index contributed by atoms with van der Waals surface area (Å²) in [5, 5.41) is 10.6. The summed E-state index contributed by atoms with van der Waals surface area (Å²) >= 11 is 0. The molecule has 61 valence electrons. The molecule has 5 nitrogen and oxygen atoms in total. The van der Waals surface area contributed by atoms with E-state index in [-0.39, 0.29) is 5.54 Å². The van der Waals surface area contributed by atoms with Crippen LogP contribution in [0.25, 0.3) is 0 Å². The van der Waals surface area contributed by atoms with Crippen molar-refractivity contribution >= 4 is 0 Å². The first-order chi connectivity index (χ1) is 5.17. The van der Waals surface area contributed by atoms with Crippen LogP contribution in [0.4, 0.5) is 0 Å². The van der Waals surface area contributed by atoms with Gasteiger partial charge in [0.2, 0.25) is 6.33 Å². The Labute approximate surface area is 65.4 Å². The molecule has 11 heavy (non-hydrogen) atoms. The SMILES string of the molecule is COCC(C)(C)n1[c]nnn1. The van der Waals surface area contributed by atoms with Crippen molar-refractivity contribution in [2.24, 2.45) is 0 Å². The molecule has 1 rings (SSSR count). The van der Waals surface area contributed by atoms with E-state index in [0.29, 0.717) is 6.61 Å². The lowest BCUT2D eigenvalue weighted by molar-refractivity contribution is 0.0994. The van der Waals surface area contributed by atoms with Crippen molar-refractivity contribution in [3.63, 3.8) is 0 Å². The Kier molecular flexibility index (Phi) is 2.19. The average molecular weight is 155 g/mol. The molecule has 0 saturated heterocycles. The maximum Gasteiger partial charge on any atom is 0.222 e. The molecular weight excluding hydrogens is 144 g/mol. The first-order valence-corrected chi connectivity index (χ1v) is 3.32. The third-order valence-electron chi connectivity index (χ3n) is 1.38. The van der Waals surface area contributed by atoms with Gasteiger partial charge >= 0.3 is 0 Å². The lowest BCUT2D eigenvalue weighted by atomic mass is 10.1. The molecule has 0 saturated carbocycles. The molecule has 0 aliphatic carbocycles. The van der Waals surface area contributed by atoms with E-state index in [0.717, 1.165) is 0 Å². The molecule has 0 aromatic carbocycles. The lowest BCUT2D eigenvalue weighted by Crippen LogP contribution is -2.32. The van der Waals surface area contributed by atoms with Crippen LogP contribution in [-0.4, -0.2) is 33.9 Å².